The Bertz CT molecular complexity index is 571. The maximum Gasteiger partial charge on any atom is 0.408 e. The molecule has 1 aromatic carbocycles. The number of esters is 1. The van der Waals surface area contributed by atoms with Gasteiger partial charge in [-0.15, -0.1) is 0 Å². The number of halogens is 1. The Hall–Kier alpha value is -2.15. The van der Waals surface area contributed by atoms with Crippen LogP contribution in [0.3, 0.4) is 0 Å². The van der Waals surface area contributed by atoms with E-state index in [9.17, 15) is 14.0 Å². The van der Waals surface area contributed by atoms with Gasteiger partial charge in [0.2, 0.25) is 0 Å². The Balaban J connectivity index is 3.24. The van der Waals surface area contributed by atoms with E-state index in [0.29, 0.717) is 0 Å². The van der Waals surface area contributed by atoms with Crippen molar-refractivity contribution in [3.05, 3.63) is 35.6 Å². The number of nitrogens with one attached hydrogen (secondary N) is 1. The first kappa shape index (κ1) is 18.9. The van der Waals surface area contributed by atoms with E-state index < -0.39 is 29.0 Å². The molecule has 0 bridgehead atoms. The van der Waals surface area contributed by atoms with Crippen LogP contribution in [0.4, 0.5) is 9.18 Å². The van der Waals surface area contributed by atoms with E-state index in [2.05, 4.69) is 5.32 Å². The first-order chi connectivity index (χ1) is 10.6. The fraction of sp³-hybridized carbons (Fsp3) is 0.500. The number of benzene rings is 1. The molecule has 23 heavy (non-hydrogen) atoms. The molecule has 1 atom stereocenters. The van der Waals surface area contributed by atoms with Gasteiger partial charge in [0, 0.05) is 6.54 Å². The molecule has 0 heterocycles. The van der Waals surface area contributed by atoms with Gasteiger partial charge in [-0.25, -0.2) is 14.0 Å². The number of hydrogen-bond acceptors (Lipinski definition) is 5. The number of carbonyl (C=O) groups excluding carboxylic acids is 2. The zero-order valence-corrected chi connectivity index (χ0v) is 13.8. The quantitative estimate of drug-likeness (QED) is 0.808. The van der Waals surface area contributed by atoms with Gasteiger partial charge in [0.05, 0.1) is 6.61 Å². The molecule has 0 saturated heterocycles. The molecule has 1 amide bonds. The summed E-state index contributed by atoms with van der Waals surface area (Å²) in [6.07, 6.45) is -0.847. The average molecular weight is 326 g/mol. The third-order valence-electron chi connectivity index (χ3n) is 2.96. The lowest BCUT2D eigenvalue weighted by molar-refractivity contribution is -0.151. The smallest absolute Gasteiger partial charge is 0.408 e. The molecule has 0 fully saturated rings. The summed E-state index contributed by atoms with van der Waals surface area (Å²) in [7, 11) is 0. The lowest BCUT2D eigenvalue weighted by Crippen LogP contribution is -2.58. The van der Waals surface area contributed by atoms with Crippen molar-refractivity contribution in [3.8, 4) is 0 Å². The second kappa shape index (κ2) is 7.41. The molecular weight excluding hydrogens is 303 g/mol. The minimum atomic E-state index is -1.72. The largest absolute Gasteiger partial charge is 0.464 e. The third-order valence-corrected chi connectivity index (χ3v) is 2.96. The summed E-state index contributed by atoms with van der Waals surface area (Å²) >= 11 is 0. The van der Waals surface area contributed by atoms with Crippen LogP contribution >= 0.6 is 0 Å². The first-order valence-electron chi connectivity index (χ1n) is 7.29. The summed E-state index contributed by atoms with van der Waals surface area (Å²) in [6, 6.07) is 5.26. The highest BCUT2D eigenvalue weighted by molar-refractivity contribution is 5.87. The van der Waals surface area contributed by atoms with Gasteiger partial charge in [-0.05, 0) is 45.4 Å². The van der Waals surface area contributed by atoms with Gasteiger partial charge in [-0.2, -0.15) is 0 Å². The van der Waals surface area contributed by atoms with Crippen LogP contribution < -0.4 is 11.1 Å². The Morgan fingerprint density at radius 1 is 1.30 bits per heavy atom. The highest BCUT2D eigenvalue weighted by Crippen LogP contribution is 2.24. The van der Waals surface area contributed by atoms with Crippen LogP contribution in [0.1, 0.15) is 33.3 Å². The standard InChI is InChI=1S/C16H23FN2O4/c1-5-22-13(20)16(10-18,11-7-6-8-12(17)9-11)19-14(21)23-15(2,3)4/h6-9H,5,10,18H2,1-4H3,(H,19,21). The summed E-state index contributed by atoms with van der Waals surface area (Å²) in [5, 5.41) is 2.44. The van der Waals surface area contributed by atoms with E-state index in [4.69, 9.17) is 15.2 Å². The van der Waals surface area contributed by atoms with E-state index in [1.807, 2.05) is 0 Å². The molecule has 1 rings (SSSR count). The van der Waals surface area contributed by atoms with Crippen LogP contribution in [0.2, 0.25) is 0 Å². The zero-order chi connectivity index (χ0) is 17.7. The number of hydrogen-bond donors (Lipinski definition) is 2. The predicted octanol–water partition coefficient (Wildman–Crippen LogP) is 2.07. The normalized spacial score (nSPS) is 13.8. The Morgan fingerprint density at radius 3 is 2.43 bits per heavy atom. The van der Waals surface area contributed by atoms with Gasteiger partial charge in [0.15, 0.2) is 5.54 Å². The molecular formula is C16H23FN2O4. The minimum absolute atomic E-state index is 0.0892. The van der Waals surface area contributed by atoms with Crippen molar-refractivity contribution in [1.82, 2.24) is 5.32 Å². The highest BCUT2D eigenvalue weighted by Gasteiger charge is 2.43. The van der Waals surface area contributed by atoms with Crippen molar-refractivity contribution in [2.45, 2.75) is 38.8 Å². The maximum atomic E-state index is 13.6. The van der Waals surface area contributed by atoms with Gasteiger partial charge in [-0.3, -0.25) is 0 Å². The maximum absolute atomic E-state index is 13.6. The number of ether oxygens (including phenoxy) is 2. The number of amides is 1. The molecule has 128 valence electrons. The van der Waals surface area contributed by atoms with Gasteiger partial charge < -0.3 is 20.5 Å². The van der Waals surface area contributed by atoms with Gasteiger partial charge in [-0.1, -0.05) is 12.1 Å². The van der Waals surface area contributed by atoms with Gasteiger partial charge >= 0.3 is 12.1 Å². The molecule has 1 unspecified atom stereocenters. The van der Waals surface area contributed by atoms with E-state index >= 15 is 0 Å². The van der Waals surface area contributed by atoms with Crippen LogP contribution in [0.25, 0.3) is 0 Å². The van der Waals surface area contributed by atoms with Crippen LogP contribution in [0, 0.1) is 5.82 Å². The highest BCUT2D eigenvalue weighted by atomic mass is 19.1. The van der Waals surface area contributed by atoms with E-state index in [1.165, 1.54) is 18.2 Å². The fourth-order valence-corrected chi connectivity index (χ4v) is 1.98. The fourth-order valence-electron chi connectivity index (χ4n) is 1.98. The molecule has 0 radical (unpaired) electrons. The average Bonchev–Trinajstić information content (AvgIpc) is 2.43. The van der Waals surface area contributed by atoms with Crippen molar-refractivity contribution < 1.29 is 23.5 Å². The summed E-state index contributed by atoms with van der Waals surface area (Å²) in [5.74, 6) is -1.34. The topological polar surface area (TPSA) is 90.6 Å². The SMILES string of the molecule is CCOC(=O)C(CN)(NC(=O)OC(C)(C)C)c1cccc(F)c1. The third kappa shape index (κ3) is 4.92. The number of carbonyl (C=O) groups is 2. The molecule has 6 nitrogen and oxygen atoms in total. The summed E-state index contributed by atoms with van der Waals surface area (Å²) in [4.78, 5) is 24.5. The molecule has 0 aliphatic rings. The van der Waals surface area contributed by atoms with Crippen LogP contribution in [0.5, 0.6) is 0 Å². The summed E-state index contributed by atoms with van der Waals surface area (Å²) in [5.41, 5.74) is 3.44. The lowest BCUT2D eigenvalue weighted by atomic mass is 9.90. The number of nitrogens with two attached hydrogens (primary N) is 1. The predicted molar refractivity (Wildman–Crippen MR) is 83.1 cm³/mol. The number of alkyl carbamates (subject to hydrolysis) is 1. The Kier molecular flexibility index (Phi) is 6.09. The van der Waals surface area contributed by atoms with Gasteiger partial charge in [0.25, 0.3) is 0 Å². The molecule has 1 aromatic rings. The molecule has 0 aliphatic carbocycles. The minimum Gasteiger partial charge on any atom is -0.464 e. The van der Waals surface area contributed by atoms with Crippen molar-refractivity contribution in [2.75, 3.05) is 13.2 Å². The second-order valence-electron chi connectivity index (χ2n) is 5.97. The second-order valence-corrected chi connectivity index (χ2v) is 5.97. The molecule has 0 saturated carbocycles. The summed E-state index contributed by atoms with van der Waals surface area (Å²) < 4.78 is 23.7. The Labute approximate surface area is 135 Å². The molecule has 7 heteroatoms. The van der Waals surface area contributed by atoms with E-state index in [-0.39, 0.29) is 18.7 Å². The molecule has 3 N–H and O–H groups in total. The van der Waals surface area contributed by atoms with Crippen LogP contribution in [-0.2, 0) is 19.8 Å². The van der Waals surface area contributed by atoms with Crippen molar-refractivity contribution in [2.24, 2.45) is 5.73 Å². The van der Waals surface area contributed by atoms with E-state index in [0.717, 1.165) is 6.07 Å². The Morgan fingerprint density at radius 2 is 1.96 bits per heavy atom. The van der Waals surface area contributed by atoms with Crippen molar-refractivity contribution >= 4 is 12.1 Å². The van der Waals surface area contributed by atoms with Crippen LogP contribution in [0.15, 0.2) is 24.3 Å². The number of rotatable bonds is 5. The molecule has 0 aliphatic heterocycles. The van der Waals surface area contributed by atoms with Crippen LogP contribution in [-0.4, -0.2) is 30.8 Å². The molecule has 0 spiro atoms. The summed E-state index contributed by atoms with van der Waals surface area (Å²) in [6.45, 7) is 6.45. The molecule has 0 aromatic heterocycles. The monoisotopic (exact) mass is 326 g/mol. The van der Waals surface area contributed by atoms with Crippen molar-refractivity contribution in [1.29, 1.82) is 0 Å². The zero-order valence-electron chi connectivity index (χ0n) is 13.8. The first-order valence-corrected chi connectivity index (χ1v) is 7.29. The lowest BCUT2D eigenvalue weighted by Gasteiger charge is -2.32. The van der Waals surface area contributed by atoms with Crippen molar-refractivity contribution in [3.63, 3.8) is 0 Å². The van der Waals surface area contributed by atoms with E-state index in [1.54, 1.807) is 27.7 Å². The van der Waals surface area contributed by atoms with Gasteiger partial charge in [0.1, 0.15) is 11.4 Å².